The average Bonchev–Trinajstić information content (AvgIpc) is 3.29. The van der Waals surface area contributed by atoms with Gasteiger partial charge in [0.1, 0.15) is 5.82 Å². The normalized spacial score (nSPS) is 16.6. The van der Waals surface area contributed by atoms with Crippen molar-refractivity contribution in [1.82, 2.24) is 9.62 Å². The van der Waals surface area contributed by atoms with Crippen LogP contribution in [0.15, 0.2) is 88.1 Å². The van der Waals surface area contributed by atoms with E-state index >= 15 is 0 Å². The number of nitrogens with one attached hydrogen (secondary N) is 1. The second kappa shape index (κ2) is 12.2. The van der Waals surface area contributed by atoms with E-state index < -0.39 is 22.2 Å². The van der Waals surface area contributed by atoms with Gasteiger partial charge in [0.05, 0.1) is 22.8 Å². The monoisotopic (exact) mass is 563 g/mol. The number of aliphatic hydroxyl groups is 1. The quantitative estimate of drug-likeness (QED) is 0.309. The minimum atomic E-state index is -3.95. The molecule has 1 aliphatic heterocycles. The van der Waals surface area contributed by atoms with Gasteiger partial charge in [0.15, 0.2) is 0 Å². The molecule has 10 heteroatoms. The summed E-state index contributed by atoms with van der Waals surface area (Å²) in [6.07, 6.45) is 4.21. The third-order valence-electron chi connectivity index (χ3n) is 7.02. The Morgan fingerprint density at radius 2 is 1.80 bits per heavy atom. The van der Waals surface area contributed by atoms with Crippen LogP contribution in [0.25, 0.3) is 0 Å². The van der Waals surface area contributed by atoms with Gasteiger partial charge in [0.2, 0.25) is 10.0 Å². The van der Waals surface area contributed by atoms with Crippen molar-refractivity contribution in [3.8, 4) is 0 Å². The zero-order valence-electron chi connectivity index (χ0n) is 23.0. The fourth-order valence-electron chi connectivity index (χ4n) is 4.84. The summed E-state index contributed by atoms with van der Waals surface area (Å²) in [6, 6.07) is 13.8. The zero-order valence-corrected chi connectivity index (χ0v) is 23.9. The van der Waals surface area contributed by atoms with Gasteiger partial charge in [-0.2, -0.15) is 4.31 Å². The van der Waals surface area contributed by atoms with E-state index in [0.29, 0.717) is 34.8 Å². The minimum Gasteiger partial charge on any atom is -0.398 e. The highest BCUT2D eigenvalue weighted by molar-refractivity contribution is 7.93. The van der Waals surface area contributed by atoms with Gasteiger partial charge in [0, 0.05) is 36.3 Å². The molecule has 0 bridgehead atoms. The summed E-state index contributed by atoms with van der Waals surface area (Å²) in [5, 5.41) is 14.4. The summed E-state index contributed by atoms with van der Waals surface area (Å²) < 4.78 is 29.0. The van der Waals surface area contributed by atoms with Crippen molar-refractivity contribution >= 4 is 27.3 Å². The molecule has 1 aliphatic carbocycles. The highest BCUT2D eigenvalue weighted by Gasteiger charge is 2.34. The van der Waals surface area contributed by atoms with E-state index in [1.165, 1.54) is 4.31 Å². The molecule has 2 aromatic rings. The molecule has 0 saturated carbocycles. The number of nitrogen functional groups attached to an aromatic ring is 1. The number of aliphatic hydroxyl groups excluding tert-OH is 1. The fourth-order valence-corrected chi connectivity index (χ4v) is 6.58. The molecule has 4 rings (SSSR count). The van der Waals surface area contributed by atoms with Crippen molar-refractivity contribution in [2.75, 3.05) is 18.8 Å². The van der Waals surface area contributed by atoms with Crippen LogP contribution >= 0.6 is 0 Å². The number of allylic oxidation sites excluding steroid dienone is 5. The molecular formula is C30H37N5O4S. The number of amides is 1. The van der Waals surface area contributed by atoms with E-state index in [9.17, 15) is 18.3 Å². The predicted molar refractivity (Wildman–Crippen MR) is 159 cm³/mol. The summed E-state index contributed by atoms with van der Waals surface area (Å²) in [5.74, 6) is -0.0480. The van der Waals surface area contributed by atoms with Crippen LogP contribution in [-0.4, -0.2) is 54.7 Å². The Hall–Kier alpha value is -3.73. The van der Waals surface area contributed by atoms with Crippen LogP contribution in [0.1, 0.15) is 41.8 Å². The fraction of sp³-hybridized carbons (Fsp3) is 0.333. The summed E-state index contributed by atoms with van der Waals surface area (Å²) in [6.45, 7) is 5.59. The average molecular weight is 564 g/mol. The SMILES string of the molecule is Cc1c(N)cccc1C(=O)NC(Cc1ccccc1)C(O)CN(CC(C)C)S(=O)(=O)C1=CC=C2C=C(N)N=C2C1. The smallest absolute Gasteiger partial charge is 0.251 e. The molecule has 40 heavy (non-hydrogen) atoms. The second-order valence-electron chi connectivity index (χ2n) is 10.6. The van der Waals surface area contributed by atoms with E-state index in [-0.39, 0.29) is 36.2 Å². The van der Waals surface area contributed by atoms with Gasteiger partial charge in [0.25, 0.3) is 5.91 Å². The predicted octanol–water partition coefficient (Wildman–Crippen LogP) is 3.04. The van der Waals surface area contributed by atoms with E-state index in [1.54, 1.807) is 43.4 Å². The lowest BCUT2D eigenvalue weighted by atomic mass is 9.99. The first-order chi connectivity index (χ1) is 19.0. The first kappa shape index (κ1) is 29.3. The lowest BCUT2D eigenvalue weighted by Gasteiger charge is -2.31. The van der Waals surface area contributed by atoms with Crippen molar-refractivity contribution in [3.05, 3.63) is 99.7 Å². The summed E-state index contributed by atoms with van der Waals surface area (Å²) >= 11 is 0. The van der Waals surface area contributed by atoms with Gasteiger partial charge in [-0.25, -0.2) is 13.4 Å². The van der Waals surface area contributed by atoms with Gasteiger partial charge in [-0.15, -0.1) is 0 Å². The molecule has 1 heterocycles. The van der Waals surface area contributed by atoms with Crippen molar-refractivity contribution in [2.45, 2.75) is 45.8 Å². The third-order valence-corrected chi connectivity index (χ3v) is 8.94. The number of carbonyl (C=O) groups is 1. The Morgan fingerprint density at radius 3 is 2.50 bits per heavy atom. The van der Waals surface area contributed by atoms with Crippen molar-refractivity contribution in [3.63, 3.8) is 0 Å². The van der Waals surface area contributed by atoms with Crippen LogP contribution in [0.5, 0.6) is 0 Å². The molecule has 6 N–H and O–H groups in total. The molecule has 0 saturated heterocycles. The number of nitrogens with two attached hydrogens (primary N) is 2. The van der Waals surface area contributed by atoms with E-state index in [0.717, 1.165) is 11.1 Å². The molecule has 0 radical (unpaired) electrons. The first-order valence-electron chi connectivity index (χ1n) is 13.3. The summed E-state index contributed by atoms with van der Waals surface area (Å²) in [4.78, 5) is 17.8. The Kier molecular flexibility index (Phi) is 8.92. The first-order valence-corrected chi connectivity index (χ1v) is 14.7. The van der Waals surface area contributed by atoms with Crippen molar-refractivity contribution in [1.29, 1.82) is 0 Å². The Bertz CT molecular complexity index is 1490. The standard InChI is InChI=1S/C30H37N5O4S/c1-19(2)17-35(40(38,39)23-13-12-22-15-29(32)33-26(22)16-23)18-28(36)27(14-21-8-5-4-6-9-21)34-30(37)24-10-7-11-25(31)20(24)3/h4-13,15,19,27-28,36H,14,16-18,31-32H2,1-3H3,(H,34,37). The van der Waals surface area contributed by atoms with E-state index in [1.807, 2.05) is 44.2 Å². The largest absolute Gasteiger partial charge is 0.398 e. The molecule has 0 fully saturated rings. The Labute approximate surface area is 236 Å². The number of aliphatic imine (C=N–C) groups is 1. The van der Waals surface area contributed by atoms with E-state index in [4.69, 9.17) is 11.5 Å². The van der Waals surface area contributed by atoms with E-state index in [2.05, 4.69) is 10.3 Å². The van der Waals surface area contributed by atoms with Crippen LogP contribution < -0.4 is 16.8 Å². The van der Waals surface area contributed by atoms with Crippen molar-refractivity contribution < 1.29 is 18.3 Å². The van der Waals surface area contributed by atoms with Gasteiger partial charge in [-0.1, -0.05) is 56.3 Å². The number of benzene rings is 2. The maximum absolute atomic E-state index is 13.8. The number of fused-ring (bicyclic) bond motifs is 1. The molecule has 2 aliphatic rings. The maximum Gasteiger partial charge on any atom is 0.251 e. The number of rotatable bonds is 11. The number of hydrogen-bond donors (Lipinski definition) is 4. The van der Waals surface area contributed by atoms with Crippen LogP contribution in [0, 0.1) is 12.8 Å². The Balaban J connectivity index is 1.60. The highest BCUT2D eigenvalue weighted by Crippen LogP contribution is 2.29. The molecule has 0 spiro atoms. The molecule has 2 aromatic carbocycles. The van der Waals surface area contributed by atoms with Crippen LogP contribution in [0.3, 0.4) is 0 Å². The van der Waals surface area contributed by atoms with Gasteiger partial charge < -0.3 is 21.9 Å². The highest BCUT2D eigenvalue weighted by atomic mass is 32.2. The maximum atomic E-state index is 13.8. The molecule has 2 atom stereocenters. The Morgan fingerprint density at radius 1 is 1.07 bits per heavy atom. The molecule has 1 amide bonds. The summed E-state index contributed by atoms with van der Waals surface area (Å²) in [5.41, 5.74) is 15.7. The van der Waals surface area contributed by atoms with Crippen LogP contribution in [0.2, 0.25) is 0 Å². The number of hydrogen-bond acceptors (Lipinski definition) is 7. The van der Waals surface area contributed by atoms with Crippen LogP contribution in [0.4, 0.5) is 5.69 Å². The zero-order chi connectivity index (χ0) is 29.0. The summed E-state index contributed by atoms with van der Waals surface area (Å²) in [7, 11) is -3.95. The van der Waals surface area contributed by atoms with Gasteiger partial charge >= 0.3 is 0 Å². The lowest BCUT2D eigenvalue weighted by molar-refractivity contribution is 0.0776. The van der Waals surface area contributed by atoms with Crippen molar-refractivity contribution in [2.24, 2.45) is 16.6 Å². The number of carbonyl (C=O) groups excluding carboxylic acids is 1. The molecule has 0 aromatic heterocycles. The minimum absolute atomic E-state index is 0.00416. The lowest BCUT2D eigenvalue weighted by Crippen LogP contribution is -2.51. The molecular weight excluding hydrogens is 526 g/mol. The number of sulfonamides is 1. The van der Waals surface area contributed by atoms with Crippen LogP contribution in [-0.2, 0) is 16.4 Å². The topological polar surface area (TPSA) is 151 Å². The second-order valence-corrected chi connectivity index (χ2v) is 12.6. The molecule has 212 valence electrons. The molecule has 2 unspecified atom stereocenters. The van der Waals surface area contributed by atoms with Gasteiger partial charge in [-0.05, 0) is 54.7 Å². The number of anilines is 1. The number of nitrogens with zero attached hydrogens (tertiary/aromatic N) is 2. The third kappa shape index (κ3) is 6.70. The van der Waals surface area contributed by atoms with Gasteiger partial charge in [-0.3, -0.25) is 4.79 Å². The molecule has 9 nitrogen and oxygen atoms in total.